The minimum absolute atomic E-state index is 0.315. The highest BCUT2D eigenvalue weighted by molar-refractivity contribution is 14.1. The van der Waals surface area contributed by atoms with E-state index >= 15 is 0 Å². The van der Waals surface area contributed by atoms with E-state index in [0.29, 0.717) is 15.3 Å². The minimum atomic E-state index is -4.81. The Kier molecular flexibility index (Phi) is 4.74. The number of anilines is 1. The average Bonchev–Trinajstić information content (AvgIpc) is 2.40. The Labute approximate surface area is 137 Å². The number of rotatable bonds is 2. The van der Waals surface area contributed by atoms with Gasteiger partial charge in [-0.1, -0.05) is 6.07 Å². The molecule has 0 aliphatic heterocycles. The fraction of sp³-hybridized carbons (Fsp3) is 0.133. The molecule has 7 heteroatoms. The van der Waals surface area contributed by atoms with Gasteiger partial charge in [0.05, 0.1) is 16.8 Å². The number of benzene rings is 2. The number of nitrogens with one attached hydrogen (secondary N) is 1. The highest BCUT2D eigenvalue weighted by Crippen LogP contribution is 2.33. The van der Waals surface area contributed by atoms with E-state index in [0.717, 1.165) is 17.7 Å². The van der Waals surface area contributed by atoms with Gasteiger partial charge in [-0.25, -0.2) is 4.39 Å². The molecule has 0 saturated carbocycles. The summed E-state index contributed by atoms with van der Waals surface area (Å²) in [6.45, 7) is 1.86. The van der Waals surface area contributed by atoms with Gasteiger partial charge in [0.1, 0.15) is 5.82 Å². The first-order valence-electron chi connectivity index (χ1n) is 6.13. The topological polar surface area (TPSA) is 29.1 Å². The van der Waals surface area contributed by atoms with Gasteiger partial charge in [-0.3, -0.25) is 4.79 Å². The minimum Gasteiger partial charge on any atom is -0.321 e. The van der Waals surface area contributed by atoms with E-state index in [9.17, 15) is 22.4 Å². The van der Waals surface area contributed by atoms with Crippen molar-refractivity contribution in [2.24, 2.45) is 0 Å². The second kappa shape index (κ2) is 6.23. The Balaban J connectivity index is 2.38. The maximum atomic E-state index is 13.0. The predicted molar refractivity (Wildman–Crippen MR) is 83.3 cm³/mol. The molecule has 2 rings (SSSR count). The molecule has 2 aromatic carbocycles. The van der Waals surface area contributed by atoms with Crippen molar-refractivity contribution in [2.75, 3.05) is 5.32 Å². The smallest absolute Gasteiger partial charge is 0.321 e. The zero-order valence-corrected chi connectivity index (χ0v) is 13.4. The maximum absolute atomic E-state index is 13.0. The normalized spacial score (nSPS) is 11.4. The van der Waals surface area contributed by atoms with E-state index in [-0.39, 0.29) is 0 Å². The molecule has 0 unspecified atom stereocenters. The van der Waals surface area contributed by atoms with Crippen LogP contribution >= 0.6 is 22.6 Å². The van der Waals surface area contributed by atoms with Crippen molar-refractivity contribution in [2.45, 2.75) is 13.1 Å². The molecule has 2 aromatic rings. The molecule has 0 spiro atoms. The molecule has 0 fully saturated rings. The first kappa shape index (κ1) is 16.7. The lowest BCUT2D eigenvalue weighted by atomic mass is 10.1. The molecule has 0 atom stereocenters. The van der Waals surface area contributed by atoms with Crippen LogP contribution < -0.4 is 5.32 Å². The SMILES string of the molecule is Cc1ccc(NC(=O)c2ccc(F)cc2C(F)(F)F)c(I)c1. The van der Waals surface area contributed by atoms with Gasteiger partial charge >= 0.3 is 6.18 Å². The summed E-state index contributed by atoms with van der Waals surface area (Å²) in [6.07, 6.45) is -4.81. The van der Waals surface area contributed by atoms with Crippen LogP contribution in [0.2, 0.25) is 0 Å². The molecule has 0 bridgehead atoms. The van der Waals surface area contributed by atoms with E-state index < -0.39 is 29.0 Å². The van der Waals surface area contributed by atoms with Gasteiger partial charge in [0.25, 0.3) is 5.91 Å². The number of aryl methyl sites for hydroxylation is 1. The number of alkyl halides is 3. The van der Waals surface area contributed by atoms with Gasteiger partial charge in [-0.15, -0.1) is 0 Å². The fourth-order valence-electron chi connectivity index (χ4n) is 1.86. The number of amides is 1. The van der Waals surface area contributed by atoms with Gasteiger partial charge in [-0.2, -0.15) is 13.2 Å². The van der Waals surface area contributed by atoms with E-state index in [2.05, 4.69) is 5.32 Å². The Hall–Kier alpha value is -1.64. The lowest BCUT2D eigenvalue weighted by molar-refractivity contribution is -0.138. The summed E-state index contributed by atoms with van der Waals surface area (Å²) in [5, 5.41) is 2.42. The largest absolute Gasteiger partial charge is 0.417 e. The predicted octanol–water partition coefficient (Wildman–Crippen LogP) is 5.01. The Morgan fingerprint density at radius 1 is 1.14 bits per heavy atom. The van der Waals surface area contributed by atoms with Gasteiger partial charge in [0, 0.05) is 3.57 Å². The number of hydrogen-bond acceptors (Lipinski definition) is 1. The maximum Gasteiger partial charge on any atom is 0.417 e. The lowest BCUT2D eigenvalue weighted by Gasteiger charge is -2.14. The molecule has 0 saturated heterocycles. The lowest BCUT2D eigenvalue weighted by Crippen LogP contribution is -2.19. The van der Waals surface area contributed by atoms with Crippen molar-refractivity contribution in [1.82, 2.24) is 0 Å². The number of halogens is 5. The summed E-state index contributed by atoms with van der Waals surface area (Å²) < 4.78 is 52.5. The summed E-state index contributed by atoms with van der Waals surface area (Å²) >= 11 is 1.97. The zero-order valence-electron chi connectivity index (χ0n) is 11.3. The van der Waals surface area contributed by atoms with Crippen LogP contribution in [0.25, 0.3) is 0 Å². The van der Waals surface area contributed by atoms with Gasteiger partial charge < -0.3 is 5.32 Å². The molecular formula is C15H10F4INO. The molecular weight excluding hydrogens is 413 g/mol. The van der Waals surface area contributed by atoms with Crippen molar-refractivity contribution in [3.05, 3.63) is 62.5 Å². The highest BCUT2D eigenvalue weighted by atomic mass is 127. The summed E-state index contributed by atoms with van der Waals surface area (Å²) in [4.78, 5) is 12.1. The second-order valence-electron chi connectivity index (χ2n) is 4.63. The number of carbonyl (C=O) groups is 1. The first-order chi connectivity index (χ1) is 10.2. The van der Waals surface area contributed by atoms with Crippen LogP contribution in [-0.4, -0.2) is 5.91 Å². The molecule has 2 nitrogen and oxygen atoms in total. The molecule has 0 aliphatic rings. The van der Waals surface area contributed by atoms with Gasteiger partial charge in [-0.05, 0) is 65.4 Å². The van der Waals surface area contributed by atoms with Crippen molar-refractivity contribution in [3.63, 3.8) is 0 Å². The average molecular weight is 423 g/mol. The van der Waals surface area contributed by atoms with E-state index in [1.807, 2.05) is 29.5 Å². The van der Waals surface area contributed by atoms with Crippen LogP contribution in [0.5, 0.6) is 0 Å². The third-order valence-corrected chi connectivity index (χ3v) is 3.80. The molecule has 0 heterocycles. The second-order valence-corrected chi connectivity index (χ2v) is 5.79. The van der Waals surface area contributed by atoms with Crippen LogP contribution in [0, 0.1) is 16.3 Å². The Bertz CT molecular complexity index is 728. The van der Waals surface area contributed by atoms with Crippen LogP contribution in [0.4, 0.5) is 23.2 Å². The number of hydrogen-bond donors (Lipinski definition) is 1. The fourth-order valence-corrected chi connectivity index (χ4v) is 2.67. The third-order valence-electron chi connectivity index (χ3n) is 2.90. The number of carbonyl (C=O) groups excluding carboxylic acids is 1. The molecule has 1 amide bonds. The van der Waals surface area contributed by atoms with Gasteiger partial charge in [0.15, 0.2) is 0 Å². The summed E-state index contributed by atoms with van der Waals surface area (Å²) in [7, 11) is 0. The van der Waals surface area contributed by atoms with Crippen molar-refractivity contribution in [3.8, 4) is 0 Å². The van der Waals surface area contributed by atoms with Crippen molar-refractivity contribution < 1.29 is 22.4 Å². The van der Waals surface area contributed by atoms with Crippen LogP contribution in [0.3, 0.4) is 0 Å². The molecule has 0 aliphatic carbocycles. The molecule has 22 heavy (non-hydrogen) atoms. The van der Waals surface area contributed by atoms with Gasteiger partial charge in [0.2, 0.25) is 0 Å². The molecule has 0 radical (unpaired) electrons. The van der Waals surface area contributed by atoms with Crippen molar-refractivity contribution in [1.29, 1.82) is 0 Å². The summed E-state index contributed by atoms with van der Waals surface area (Å²) in [6, 6.07) is 7.08. The van der Waals surface area contributed by atoms with E-state index in [1.165, 1.54) is 0 Å². The Morgan fingerprint density at radius 3 is 2.41 bits per heavy atom. The van der Waals surface area contributed by atoms with E-state index in [4.69, 9.17) is 0 Å². The van der Waals surface area contributed by atoms with Crippen LogP contribution in [-0.2, 0) is 6.18 Å². The standard InChI is InChI=1S/C15H10F4INO/c1-8-2-5-13(12(20)6-8)21-14(22)10-4-3-9(16)7-11(10)15(17,18)19/h2-7H,1H3,(H,21,22). The molecule has 116 valence electrons. The first-order valence-corrected chi connectivity index (χ1v) is 7.20. The monoisotopic (exact) mass is 423 g/mol. The van der Waals surface area contributed by atoms with Crippen LogP contribution in [0.1, 0.15) is 21.5 Å². The van der Waals surface area contributed by atoms with Crippen molar-refractivity contribution >= 4 is 34.2 Å². The molecule has 1 N–H and O–H groups in total. The highest BCUT2D eigenvalue weighted by Gasteiger charge is 2.35. The van der Waals surface area contributed by atoms with Crippen LogP contribution in [0.15, 0.2) is 36.4 Å². The Morgan fingerprint density at radius 2 is 1.82 bits per heavy atom. The summed E-state index contributed by atoms with van der Waals surface area (Å²) in [5.41, 5.74) is -0.564. The third kappa shape index (κ3) is 3.76. The van der Waals surface area contributed by atoms with E-state index in [1.54, 1.807) is 18.2 Å². The summed E-state index contributed by atoms with van der Waals surface area (Å²) in [5.74, 6) is -1.98. The molecule has 0 aromatic heterocycles. The quantitative estimate of drug-likeness (QED) is 0.534. The zero-order chi connectivity index (χ0) is 16.5.